The predicted octanol–water partition coefficient (Wildman–Crippen LogP) is 1.90. The molecule has 1 atom stereocenters. The van der Waals surface area contributed by atoms with Crippen molar-refractivity contribution in [3.63, 3.8) is 0 Å². The Labute approximate surface area is 115 Å². The van der Waals surface area contributed by atoms with E-state index in [0.717, 1.165) is 12.1 Å². The van der Waals surface area contributed by atoms with Crippen molar-refractivity contribution >= 4 is 11.6 Å². The van der Waals surface area contributed by atoms with Crippen molar-refractivity contribution < 1.29 is 4.39 Å². The van der Waals surface area contributed by atoms with Crippen molar-refractivity contribution in [2.24, 2.45) is 7.05 Å². The van der Waals surface area contributed by atoms with Crippen LogP contribution in [0.1, 0.15) is 24.4 Å². The van der Waals surface area contributed by atoms with Crippen LogP contribution in [-0.2, 0) is 13.5 Å². The summed E-state index contributed by atoms with van der Waals surface area (Å²) in [6, 6.07) is 4.68. The summed E-state index contributed by atoms with van der Waals surface area (Å²) >= 11 is 5.81. The van der Waals surface area contributed by atoms with Gasteiger partial charge in [-0.25, -0.2) is 4.39 Å². The van der Waals surface area contributed by atoms with Crippen LogP contribution in [0.15, 0.2) is 18.2 Å². The van der Waals surface area contributed by atoms with E-state index in [-0.39, 0.29) is 11.1 Å². The highest BCUT2D eigenvalue weighted by Gasteiger charge is 2.15. The van der Waals surface area contributed by atoms with Gasteiger partial charge in [0, 0.05) is 12.5 Å². The van der Waals surface area contributed by atoms with Crippen molar-refractivity contribution in [2.75, 3.05) is 6.54 Å². The van der Waals surface area contributed by atoms with Crippen LogP contribution in [0.25, 0.3) is 0 Å². The Morgan fingerprint density at radius 1 is 1.47 bits per heavy atom. The number of rotatable bonds is 5. The van der Waals surface area contributed by atoms with Gasteiger partial charge in [-0.05, 0) is 29.5 Å². The van der Waals surface area contributed by atoms with Crippen LogP contribution in [0.5, 0.6) is 0 Å². The molecule has 2 aromatic rings. The maximum absolute atomic E-state index is 13.2. The smallest absolute Gasteiger partial charge is 0.176 e. The van der Waals surface area contributed by atoms with E-state index in [0.29, 0.717) is 12.2 Å². The molecule has 0 aliphatic heterocycles. The maximum atomic E-state index is 13.2. The van der Waals surface area contributed by atoms with Gasteiger partial charge in [-0.3, -0.25) is 0 Å². The molecular formula is C12H15ClFN5. The van der Waals surface area contributed by atoms with E-state index in [1.807, 2.05) is 6.92 Å². The normalized spacial score (nSPS) is 12.6. The first-order valence-corrected chi connectivity index (χ1v) is 6.39. The van der Waals surface area contributed by atoms with Gasteiger partial charge in [0.1, 0.15) is 5.82 Å². The van der Waals surface area contributed by atoms with Gasteiger partial charge in [-0.1, -0.05) is 24.6 Å². The lowest BCUT2D eigenvalue weighted by molar-refractivity contribution is 0.533. The number of hydrogen-bond acceptors (Lipinski definition) is 4. The Bertz CT molecular complexity index is 557. The molecule has 0 fully saturated rings. The average Bonchev–Trinajstić information content (AvgIpc) is 2.78. The van der Waals surface area contributed by atoms with Crippen LogP contribution in [0.4, 0.5) is 4.39 Å². The Hall–Kier alpha value is -1.53. The lowest BCUT2D eigenvalue weighted by atomic mass is 10.0. The lowest BCUT2D eigenvalue weighted by Gasteiger charge is -2.17. The number of benzene rings is 1. The summed E-state index contributed by atoms with van der Waals surface area (Å²) < 4.78 is 13.2. The molecule has 0 amide bonds. The average molecular weight is 284 g/mol. The van der Waals surface area contributed by atoms with Gasteiger partial charge >= 0.3 is 0 Å². The maximum Gasteiger partial charge on any atom is 0.176 e. The van der Waals surface area contributed by atoms with E-state index in [2.05, 4.69) is 20.7 Å². The van der Waals surface area contributed by atoms with E-state index in [1.165, 1.54) is 10.9 Å². The highest BCUT2D eigenvalue weighted by atomic mass is 35.5. The van der Waals surface area contributed by atoms with E-state index in [4.69, 9.17) is 11.6 Å². The van der Waals surface area contributed by atoms with Crippen molar-refractivity contribution in [3.05, 3.63) is 40.4 Å². The summed E-state index contributed by atoms with van der Waals surface area (Å²) in [5.41, 5.74) is 0.903. The molecule has 0 aliphatic carbocycles. The van der Waals surface area contributed by atoms with Crippen LogP contribution in [0, 0.1) is 5.82 Å². The quantitative estimate of drug-likeness (QED) is 0.910. The third kappa shape index (κ3) is 3.48. The molecule has 5 nitrogen and oxygen atoms in total. The van der Waals surface area contributed by atoms with Gasteiger partial charge in [-0.2, -0.15) is 4.80 Å². The van der Waals surface area contributed by atoms with Crippen molar-refractivity contribution in [1.29, 1.82) is 0 Å². The van der Waals surface area contributed by atoms with E-state index >= 15 is 0 Å². The number of tetrazole rings is 1. The highest BCUT2D eigenvalue weighted by Crippen LogP contribution is 2.22. The first-order valence-electron chi connectivity index (χ1n) is 6.01. The number of aryl methyl sites for hydroxylation is 1. The Kier molecular flexibility index (Phi) is 4.44. The van der Waals surface area contributed by atoms with E-state index in [9.17, 15) is 4.39 Å². The van der Waals surface area contributed by atoms with Crippen LogP contribution in [0.3, 0.4) is 0 Å². The molecule has 1 aromatic carbocycles. The first kappa shape index (κ1) is 13.9. The third-order valence-corrected chi connectivity index (χ3v) is 3.02. The van der Waals surface area contributed by atoms with Gasteiger partial charge in [0.2, 0.25) is 0 Å². The van der Waals surface area contributed by atoms with Crippen LogP contribution < -0.4 is 5.32 Å². The standard InChI is InChI=1S/C12H15ClFN5/c1-3-15-11(7-12-16-18-19(2)17-12)8-4-5-10(14)9(13)6-8/h4-6,11,15H,3,7H2,1-2H3. The minimum atomic E-state index is -0.418. The second kappa shape index (κ2) is 6.08. The molecule has 0 saturated heterocycles. The number of aromatic nitrogens is 4. The zero-order chi connectivity index (χ0) is 13.8. The molecule has 0 bridgehead atoms. The molecule has 0 saturated carbocycles. The summed E-state index contributed by atoms with van der Waals surface area (Å²) in [5, 5.41) is 15.3. The molecule has 0 radical (unpaired) electrons. The number of nitrogens with zero attached hydrogens (tertiary/aromatic N) is 4. The summed E-state index contributed by atoms with van der Waals surface area (Å²) in [6.45, 7) is 2.78. The van der Waals surface area contributed by atoms with E-state index in [1.54, 1.807) is 19.2 Å². The molecule has 0 aliphatic rings. The Morgan fingerprint density at radius 3 is 2.84 bits per heavy atom. The SMILES string of the molecule is CCNC(Cc1nnn(C)n1)c1ccc(F)c(Cl)c1. The topological polar surface area (TPSA) is 55.6 Å². The molecule has 0 spiro atoms. The second-order valence-electron chi connectivity index (χ2n) is 4.18. The second-order valence-corrected chi connectivity index (χ2v) is 4.59. The molecular weight excluding hydrogens is 269 g/mol. The fourth-order valence-corrected chi connectivity index (χ4v) is 2.06. The van der Waals surface area contributed by atoms with E-state index < -0.39 is 5.82 Å². The Balaban J connectivity index is 2.21. The first-order chi connectivity index (χ1) is 9.10. The van der Waals surface area contributed by atoms with Crippen LogP contribution in [0.2, 0.25) is 5.02 Å². The van der Waals surface area contributed by atoms with Crippen molar-refractivity contribution in [2.45, 2.75) is 19.4 Å². The number of hydrogen-bond donors (Lipinski definition) is 1. The fourth-order valence-electron chi connectivity index (χ4n) is 1.87. The van der Waals surface area contributed by atoms with Crippen molar-refractivity contribution in [1.82, 2.24) is 25.5 Å². The molecule has 7 heteroatoms. The lowest BCUT2D eigenvalue weighted by Crippen LogP contribution is -2.23. The summed E-state index contributed by atoms with van der Waals surface area (Å²) in [5.74, 6) is 0.215. The molecule has 1 unspecified atom stereocenters. The highest BCUT2D eigenvalue weighted by molar-refractivity contribution is 6.30. The van der Waals surface area contributed by atoms with Gasteiger partial charge in [0.05, 0.1) is 12.1 Å². The van der Waals surface area contributed by atoms with Gasteiger partial charge in [0.15, 0.2) is 5.82 Å². The third-order valence-electron chi connectivity index (χ3n) is 2.73. The van der Waals surface area contributed by atoms with Gasteiger partial charge < -0.3 is 5.32 Å². The number of nitrogens with one attached hydrogen (secondary N) is 1. The fraction of sp³-hybridized carbons (Fsp3) is 0.417. The monoisotopic (exact) mass is 283 g/mol. The predicted molar refractivity (Wildman–Crippen MR) is 70.3 cm³/mol. The Morgan fingerprint density at radius 2 is 2.26 bits per heavy atom. The molecule has 2 rings (SSSR count). The summed E-state index contributed by atoms with van der Waals surface area (Å²) in [4.78, 5) is 1.41. The van der Waals surface area contributed by atoms with Gasteiger partial charge in [-0.15, -0.1) is 10.2 Å². The minimum absolute atomic E-state index is 0.0210. The van der Waals surface area contributed by atoms with Gasteiger partial charge in [0.25, 0.3) is 0 Å². The number of halogens is 2. The largest absolute Gasteiger partial charge is 0.310 e. The zero-order valence-corrected chi connectivity index (χ0v) is 11.5. The molecule has 1 heterocycles. The minimum Gasteiger partial charge on any atom is -0.310 e. The summed E-state index contributed by atoms with van der Waals surface area (Å²) in [7, 11) is 1.72. The molecule has 19 heavy (non-hydrogen) atoms. The zero-order valence-electron chi connectivity index (χ0n) is 10.8. The van der Waals surface area contributed by atoms with Crippen molar-refractivity contribution in [3.8, 4) is 0 Å². The van der Waals surface area contributed by atoms with Crippen LogP contribution in [-0.4, -0.2) is 26.8 Å². The molecule has 1 aromatic heterocycles. The number of likely N-dealkylation sites (N-methyl/N-ethyl adjacent to an activating group) is 1. The van der Waals surface area contributed by atoms with Crippen LogP contribution >= 0.6 is 11.6 Å². The molecule has 1 N–H and O–H groups in total. The summed E-state index contributed by atoms with van der Waals surface area (Å²) in [6.07, 6.45) is 0.573. The molecule has 102 valence electrons.